The molecule has 0 aliphatic heterocycles. The normalized spacial score (nSPS) is 10.6. The molecule has 0 saturated heterocycles. The number of nitrogens with zero attached hydrogens (tertiary/aromatic N) is 1. The first-order valence-electron chi connectivity index (χ1n) is 7.74. The standard InChI is InChI=1S/C17H27N3O2/c1-13(2)20(14(3)21)12-15-7-9-16(10-8-15)19-17(22)6-5-11-18-4/h7-10,13,18H,5-6,11-12H2,1-4H3,(H,19,22). The van der Waals surface area contributed by atoms with E-state index in [2.05, 4.69) is 10.6 Å². The van der Waals surface area contributed by atoms with Gasteiger partial charge in [-0.3, -0.25) is 9.59 Å². The predicted octanol–water partition coefficient (Wildman–Crippen LogP) is 2.38. The van der Waals surface area contributed by atoms with E-state index in [1.807, 2.05) is 50.1 Å². The smallest absolute Gasteiger partial charge is 0.224 e. The third-order valence-corrected chi connectivity index (χ3v) is 3.45. The van der Waals surface area contributed by atoms with E-state index in [9.17, 15) is 9.59 Å². The van der Waals surface area contributed by atoms with Crippen molar-refractivity contribution in [2.75, 3.05) is 18.9 Å². The second-order valence-electron chi connectivity index (χ2n) is 5.69. The van der Waals surface area contributed by atoms with Gasteiger partial charge in [-0.2, -0.15) is 0 Å². The maximum absolute atomic E-state index is 11.7. The fourth-order valence-electron chi connectivity index (χ4n) is 2.20. The van der Waals surface area contributed by atoms with Gasteiger partial charge in [0.1, 0.15) is 0 Å². The van der Waals surface area contributed by atoms with Crippen molar-refractivity contribution in [2.24, 2.45) is 0 Å². The highest BCUT2D eigenvalue weighted by atomic mass is 16.2. The number of nitrogens with one attached hydrogen (secondary N) is 2. The Hall–Kier alpha value is -1.88. The van der Waals surface area contributed by atoms with Gasteiger partial charge in [0.2, 0.25) is 11.8 Å². The van der Waals surface area contributed by atoms with Crippen LogP contribution in [0.25, 0.3) is 0 Å². The fraction of sp³-hybridized carbons (Fsp3) is 0.529. The van der Waals surface area contributed by atoms with E-state index in [-0.39, 0.29) is 17.9 Å². The molecule has 1 aromatic rings. The monoisotopic (exact) mass is 305 g/mol. The van der Waals surface area contributed by atoms with Crippen LogP contribution >= 0.6 is 0 Å². The lowest BCUT2D eigenvalue weighted by Gasteiger charge is -2.25. The molecule has 0 bridgehead atoms. The fourth-order valence-corrected chi connectivity index (χ4v) is 2.20. The van der Waals surface area contributed by atoms with Crippen molar-refractivity contribution in [3.8, 4) is 0 Å². The molecule has 0 saturated carbocycles. The first-order valence-corrected chi connectivity index (χ1v) is 7.74. The van der Waals surface area contributed by atoms with Crippen molar-refractivity contribution in [3.63, 3.8) is 0 Å². The molecule has 0 atom stereocenters. The summed E-state index contributed by atoms with van der Waals surface area (Å²) in [5, 5.41) is 5.90. The molecule has 1 aromatic carbocycles. The van der Waals surface area contributed by atoms with Crippen LogP contribution in [0.2, 0.25) is 0 Å². The minimum Gasteiger partial charge on any atom is -0.336 e. The Balaban J connectivity index is 2.55. The average Bonchev–Trinajstić information content (AvgIpc) is 2.46. The molecule has 0 unspecified atom stereocenters. The van der Waals surface area contributed by atoms with E-state index in [1.54, 1.807) is 6.92 Å². The Morgan fingerprint density at radius 2 is 1.82 bits per heavy atom. The summed E-state index contributed by atoms with van der Waals surface area (Å²) in [6.45, 7) is 7.01. The molecular formula is C17H27N3O2. The van der Waals surface area contributed by atoms with Gasteiger partial charge in [0.05, 0.1) is 0 Å². The van der Waals surface area contributed by atoms with Crippen LogP contribution in [0, 0.1) is 0 Å². The molecule has 0 aromatic heterocycles. The van der Waals surface area contributed by atoms with Gasteiger partial charge in [-0.25, -0.2) is 0 Å². The minimum absolute atomic E-state index is 0.0237. The second kappa shape index (κ2) is 9.20. The van der Waals surface area contributed by atoms with Crippen LogP contribution in [0.4, 0.5) is 5.69 Å². The van der Waals surface area contributed by atoms with Gasteiger partial charge in [0, 0.05) is 31.6 Å². The van der Waals surface area contributed by atoms with Gasteiger partial charge in [-0.1, -0.05) is 12.1 Å². The Kier molecular flexibility index (Phi) is 7.60. The summed E-state index contributed by atoms with van der Waals surface area (Å²) in [4.78, 5) is 25.1. The molecule has 122 valence electrons. The molecular weight excluding hydrogens is 278 g/mol. The van der Waals surface area contributed by atoms with E-state index in [0.717, 1.165) is 24.2 Å². The maximum atomic E-state index is 11.7. The molecule has 0 aliphatic rings. The summed E-state index contributed by atoms with van der Waals surface area (Å²) < 4.78 is 0. The highest BCUT2D eigenvalue weighted by Gasteiger charge is 2.13. The van der Waals surface area contributed by atoms with Gasteiger partial charge < -0.3 is 15.5 Å². The minimum atomic E-state index is 0.0237. The first-order chi connectivity index (χ1) is 10.4. The van der Waals surface area contributed by atoms with E-state index < -0.39 is 0 Å². The van der Waals surface area contributed by atoms with Crippen LogP contribution in [0.5, 0.6) is 0 Å². The molecule has 2 amide bonds. The third-order valence-electron chi connectivity index (χ3n) is 3.45. The van der Waals surface area contributed by atoms with Gasteiger partial charge in [-0.15, -0.1) is 0 Å². The zero-order valence-electron chi connectivity index (χ0n) is 14.0. The van der Waals surface area contributed by atoms with E-state index in [4.69, 9.17) is 0 Å². The van der Waals surface area contributed by atoms with Crippen molar-refractivity contribution in [2.45, 2.75) is 46.2 Å². The SMILES string of the molecule is CNCCCC(=O)Nc1ccc(CN(C(C)=O)C(C)C)cc1. The van der Waals surface area contributed by atoms with Gasteiger partial charge in [0.15, 0.2) is 0 Å². The number of hydrogen-bond donors (Lipinski definition) is 2. The molecule has 0 fully saturated rings. The molecule has 0 radical (unpaired) electrons. The number of amides is 2. The quantitative estimate of drug-likeness (QED) is 0.725. The molecule has 0 spiro atoms. The van der Waals surface area contributed by atoms with Crippen molar-refractivity contribution in [1.82, 2.24) is 10.2 Å². The second-order valence-corrected chi connectivity index (χ2v) is 5.69. The zero-order valence-corrected chi connectivity index (χ0v) is 14.0. The maximum Gasteiger partial charge on any atom is 0.224 e. The van der Waals surface area contributed by atoms with Crippen LogP contribution in [-0.2, 0) is 16.1 Å². The van der Waals surface area contributed by atoms with E-state index >= 15 is 0 Å². The van der Waals surface area contributed by atoms with Crippen molar-refractivity contribution >= 4 is 17.5 Å². The molecule has 22 heavy (non-hydrogen) atoms. The Morgan fingerprint density at radius 1 is 1.18 bits per heavy atom. The molecule has 5 heteroatoms. The molecule has 1 rings (SSSR count). The molecule has 2 N–H and O–H groups in total. The number of hydrogen-bond acceptors (Lipinski definition) is 3. The number of anilines is 1. The van der Waals surface area contributed by atoms with Crippen molar-refractivity contribution < 1.29 is 9.59 Å². The van der Waals surface area contributed by atoms with Crippen LogP contribution in [-0.4, -0.2) is 36.3 Å². The summed E-state index contributed by atoms with van der Waals surface area (Å²) in [5.74, 6) is 0.0902. The van der Waals surface area contributed by atoms with Crippen molar-refractivity contribution in [3.05, 3.63) is 29.8 Å². The van der Waals surface area contributed by atoms with Crippen LogP contribution in [0.15, 0.2) is 24.3 Å². The molecule has 0 aliphatic carbocycles. The molecule has 5 nitrogen and oxygen atoms in total. The summed E-state index contributed by atoms with van der Waals surface area (Å²) in [6, 6.07) is 7.82. The van der Waals surface area contributed by atoms with E-state index in [0.29, 0.717) is 13.0 Å². The third kappa shape index (κ3) is 6.26. The topological polar surface area (TPSA) is 61.4 Å². The van der Waals surface area contributed by atoms with Crippen LogP contribution in [0.1, 0.15) is 39.2 Å². The Bertz CT molecular complexity index is 483. The lowest BCUT2D eigenvalue weighted by molar-refractivity contribution is -0.131. The Labute approximate surface area is 133 Å². The lowest BCUT2D eigenvalue weighted by atomic mass is 10.1. The zero-order chi connectivity index (χ0) is 16.5. The van der Waals surface area contributed by atoms with Gasteiger partial charge >= 0.3 is 0 Å². The highest BCUT2D eigenvalue weighted by molar-refractivity contribution is 5.90. The van der Waals surface area contributed by atoms with Crippen molar-refractivity contribution in [1.29, 1.82) is 0 Å². The van der Waals surface area contributed by atoms with Gasteiger partial charge in [0.25, 0.3) is 0 Å². The van der Waals surface area contributed by atoms with Crippen LogP contribution in [0.3, 0.4) is 0 Å². The summed E-state index contributed by atoms with van der Waals surface area (Å²) in [7, 11) is 1.87. The number of rotatable bonds is 8. The molecule has 0 heterocycles. The summed E-state index contributed by atoms with van der Waals surface area (Å²) >= 11 is 0. The van der Waals surface area contributed by atoms with Crippen LogP contribution < -0.4 is 10.6 Å². The largest absolute Gasteiger partial charge is 0.336 e. The Morgan fingerprint density at radius 3 is 2.32 bits per heavy atom. The van der Waals surface area contributed by atoms with Gasteiger partial charge in [-0.05, 0) is 51.6 Å². The summed E-state index contributed by atoms with van der Waals surface area (Å²) in [5.41, 5.74) is 1.84. The highest BCUT2D eigenvalue weighted by Crippen LogP contribution is 2.13. The predicted molar refractivity (Wildman–Crippen MR) is 89.6 cm³/mol. The first kappa shape index (κ1) is 18.2. The van der Waals surface area contributed by atoms with E-state index in [1.165, 1.54) is 0 Å². The lowest BCUT2D eigenvalue weighted by Crippen LogP contribution is -2.34. The number of benzene rings is 1. The average molecular weight is 305 g/mol. The number of carbonyl (C=O) groups excluding carboxylic acids is 2. The summed E-state index contributed by atoms with van der Waals surface area (Å²) in [6.07, 6.45) is 1.33. The number of carbonyl (C=O) groups is 2.